The molecule has 1 aliphatic carbocycles. The monoisotopic (exact) mass is 532 g/mol. The van der Waals surface area contributed by atoms with E-state index >= 15 is 0 Å². The third-order valence-electron chi connectivity index (χ3n) is 8.13. The standard InChI is InChI=1S/C27H32O11/c1-3-4-5-6-8-16-11-17(22(31)36-16)26(24(33)35-2)12-15(21(30)19-9-7-10-20(29)37-19)13-27(26)18(14-28)23(32)38-25(27)34/h7,10-11,14-16,19,21,28,30H,3-6,8-9,12-13H2,1-2H3/b18-14+/t15-,16+,19+,21+,26+,27-/m1/s1. The first-order valence-corrected chi connectivity index (χ1v) is 12.8. The summed E-state index contributed by atoms with van der Waals surface area (Å²) in [5.74, 6) is -5.80. The fraction of sp³-hybridized carbons (Fsp3) is 0.593. The van der Waals surface area contributed by atoms with Crippen LogP contribution in [0.5, 0.6) is 0 Å². The van der Waals surface area contributed by atoms with Crippen molar-refractivity contribution in [2.75, 3.05) is 7.11 Å². The Morgan fingerprint density at radius 1 is 1.16 bits per heavy atom. The summed E-state index contributed by atoms with van der Waals surface area (Å²) in [6.07, 6.45) is 5.25. The van der Waals surface area contributed by atoms with Gasteiger partial charge in [0.25, 0.3) is 0 Å². The maximum atomic E-state index is 13.7. The molecule has 38 heavy (non-hydrogen) atoms. The number of carbonyl (C=O) groups is 5. The van der Waals surface area contributed by atoms with Crippen LogP contribution >= 0.6 is 0 Å². The molecule has 11 heteroatoms. The van der Waals surface area contributed by atoms with Gasteiger partial charge in [-0.05, 0) is 37.7 Å². The van der Waals surface area contributed by atoms with E-state index in [1.165, 1.54) is 18.2 Å². The van der Waals surface area contributed by atoms with Gasteiger partial charge >= 0.3 is 29.8 Å². The lowest BCUT2D eigenvalue weighted by Gasteiger charge is -2.37. The minimum atomic E-state index is -2.17. The zero-order chi connectivity index (χ0) is 27.7. The number of unbranched alkanes of at least 4 members (excludes halogenated alkanes) is 3. The Bertz CT molecular complexity index is 1120. The number of cyclic esters (lactones) is 4. The molecule has 206 valence electrons. The summed E-state index contributed by atoms with van der Waals surface area (Å²) in [7, 11) is 1.07. The molecule has 3 aliphatic heterocycles. The maximum Gasteiger partial charge on any atom is 0.346 e. The predicted octanol–water partition coefficient (Wildman–Crippen LogP) is 2.12. The topological polar surface area (TPSA) is 163 Å². The van der Waals surface area contributed by atoms with Crippen molar-refractivity contribution >= 4 is 29.8 Å². The molecule has 1 spiro atoms. The molecule has 0 bridgehead atoms. The van der Waals surface area contributed by atoms with Crippen molar-refractivity contribution in [3.8, 4) is 0 Å². The maximum absolute atomic E-state index is 13.7. The van der Waals surface area contributed by atoms with E-state index in [-0.39, 0.29) is 24.8 Å². The number of hydrogen-bond acceptors (Lipinski definition) is 11. The van der Waals surface area contributed by atoms with Crippen molar-refractivity contribution in [1.29, 1.82) is 0 Å². The number of carbonyl (C=O) groups excluding carboxylic acids is 5. The normalized spacial score (nSPS) is 34.3. The third kappa shape index (κ3) is 4.22. The van der Waals surface area contributed by atoms with Crippen molar-refractivity contribution in [2.24, 2.45) is 16.7 Å². The van der Waals surface area contributed by atoms with E-state index in [9.17, 15) is 34.2 Å². The lowest BCUT2D eigenvalue weighted by Crippen LogP contribution is -2.51. The van der Waals surface area contributed by atoms with E-state index in [1.807, 2.05) is 0 Å². The van der Waals surface area contributed by atoms with Gasteiger partial charge in [0.2, 0.25) is 0 Å². The van der Waals surface area contributed by atoms with Gasteiger partial charge in [-0.1, -0.05) is 32.3 Å². The van der Waals surface area contributed by atoms with Gasteiger partial charge in [-0.25, -0.2) is 14.4 Å². The van der Waals surface area contributed by atoms with Crippen LogP contribution < -0.4 is 0 Å². The van der Waals surface area contributed by atoms with E-state index in [1.54, 1.807) is 0 Å². The molecule has 2 fully saturated rings. The minimum absolute atomic E-state index is 0.179. The zero-order valence-corrected chi connectivity index (χ0v) is 21.3. The van der Waals surface area contributed by atoms with Crippen molar-refractivity contribution in [1.82, 2.24) is 0 Å². The van der Waals surface area contributed by atoms with Gasteiger partial charge in [0.1, 0.15) is 23.0 Å². The first-order chi connectivity index (χ1) is 18.2. The van der Waals surface area contributed by atoms with Crippen LogP contribution in [0.3, 0.4) is 0 Å². The SMILES string of the molecule is CCCCCC[C@H]1C=C([C@]2(C(=O)OC)C[C@@H]([C@H](O)[C@@H]3CC=CC(=O)O3)C[C@@]23C(=O)OC(=O)/C3=C\O)C(=O)O1. The van der Waals surface area contributed by atoms with Crippen LogP contribution in [0.1, 0.15) is 58.3 Å². The Hall–Kier alpha value is -3.47. The second-order valence-electron chi connectivity index (χ2n) is 10.2. The van der Waals surface area contributed by atoms with Crippen molar-refractivity contribution < 1.29 is 53.1 Å². The zero-order valence-electron chi connectivity index (χ0n) is 21.3. The van der Waals surface area contributed by atoms with E-state index in [2.05, 4.69) is 6.92 Å². The molecule has 0 aromatic heterocycles. The molecule has 0 radical (unpaired) electrons. The third-order valence-corrected chi connectivity index (χ3v) is 8.13. The van der Waals surface area contributed by atoms with Crippen molar-refractivity contribution in [3.63, 3.8) is 0 Å². The number of ether oxygens (including phenoxy) is 4. The number of rotatable bonds is 9. The highest BCUT2D eigenvalue weighted by Crippen LogP contribution is 2.67. The first kappa shape index (κ1) is 27.6. The lowest BCUT2D eigenvalue weighted by atomic mass is 9.59. The summed E-state index contributed by atoms with van der Waals surface area (Å²) in [5, 5.41) is 21.3. The number of esters is 5. The number of methoxy groups -OCH3 is 1. The largest absolute Gasteiger partial charge is 0.515 e. The molecular formula is C27H32O11. The Balaban J connectivity index is 1.82. The second kappa shape index (κ2) is 10.7. The molecule has 1 saturated carbocycles. The van der Waals surface area contributed by atoms with E-state index in [0.29, 0.717) is 12.7 Å². The summed E-state index contributed by atoms with van der Waals surface area (Å²) >= 11 is 0. The highest BCUT2D eigenvalue weighted by molar-refractivity contribution is 6.15. The molecule has 4 aliphatic rings. The molecule has 0 unspecified atom stereocenters. The first-order valence-electron chi connectivity index (χ1n) is 12.8. The molecule has 0 aromatic rings. The highest BCUT2D eigenvalue weighted by atomic mass is 16.6. The Kier molecular flexibility index (Phi) is 7.78. The van der Waals surface area contributed by atoms with Crippen LogP contribution in [0, 0.1) is 16.7 Å². The quantitative estimate of drug-likeness (QED) is 0.112. The van der Waals surface area contributed by atoms with Gasteiger partial charge in [0.05, 0.1) is 30.6 Å². The molecule has 1 saturated heterocycles. The molecule has 4 rings (SSSR count). The molecule has 11 nitrogen and oxygen atoms in total. The molecular weight excluding hydrogens is 500 g/mol. The van der Waals surface area contributed by atoms with Crippen LogP contribution in [-0.4, -0.2) is 65.5 Å². The van der Waals surface area contributed by atoms with Crippen LogP contribution in [0.2, 0.25) is 0 Å². The molecule has 6 atom stereocenters. The molecule has 3 heterocycles. The summed E-state index contributed by atoms with van der Waals surface area (Å²) < 4.78 is 20.8. The van der Waals surface area contributed by atoms with E-state index in [0.717, 1.165) is 32.8 Å². The highest BCUT2D eigenvalue weighted by Gasteiger charge is 2.77. The summed E-state index contributed by atoms with van der Waals surface area (Å²) in [5.41, 5.74) is -5.03. The van der Waals surface area contributed by atoms with Gasteiger partial charge in [0, 0.05) is 12.5 Å². The number of hydrogen-bond donors (Lipinski definition) is 2. The Morgan fingerprint density at radius 2 is 1.92 bits per heavy atom. The number of aliphatic hydroxyl groups excluding tert-OH is 2. The minimum Gasteiger partial charge on any atom is -0.515 e. The van der Waals surface area contributed by atoms with E-state index < -0.39 is 70.5 Å². The fourth-order valence-electron chi connectivity index (χ4n) is 6.37. The fourth-order valence-corrected chi connectivity index (χ4v) is 6.37. The second-order valence-corrected chi connectivity index (χ2v) is 10.2. The van der Waals surface area contributed by atoms with E-state index in [4.69, 9.17) is 18.9 Å². The molecule has 2 N–H and O–H groups in total. The summed E-state index contributed by atoms with van der Waals surface area (Å²) in [6.45, 7) is 2.07. The Labute approximate surface area is 219 Å². The van der Waals surface area contributed by atoms with Crippen LogP contribution in [0.4, 0.5) is 0 Å². The average molecular weight is 533 g/mol. The van der Waals surface area contributed by atoms with Crippen molar-refractivity contribution in [2.45, 2.75) is 76.6 Å². The van der Waals surface area contributed by atoms with Crippen LogP contribution in [-0.2, 0) is 42.9 Å². The van der Waals surface area contributed by atoms with Gasteiger partial charge in [0.15, 0.2) is 0 Å². The van der Waals surface area contributed by atoms with Crippen molar-refractivity contribution in [3.05, 3.63) is 35.6 Å². The van der Waals surface area contributed by atoms with Gasteiger partial charge in [-0.2, -0.15) is 0 Å². The van der Waals surface area contributed by atoms with Gasteiger partial charge in [-0.15, -0.1) is 0 Å². The van der Waals surface area contributed by atoms with Gasteiger partial charge < -0.3 is 29.2 Å². The van der Waals surface area contributed by atoms with Gasteiger partial charge in [-0.3, -0.25) is 9.59 Å². The van der Waals surface area contributed by atoms with Crippen LogP contribution in [0.25, 0.3) is 0 Å². The Morgan fingerprint density at radius 3 is 2.58 bits per heavy atom. The lowest BCUT2D eigenvalue weighted by molar-refractivity contribution is -0.167. The number of aliphatic hydroxyl groups is 2. The molecule has 0 aromatic carbocycles. The summed E-state index contributed by atoms with van der Waals surface area (Å²) in [4.78, 5) is 64.8. The molecule has 0 amide bonds. The van der Waals surface area contributed by atoms with Crippen LogP contribution in [0.15, 0.2) is 35.6 Å². The smallest absolute Gasteiger partial charge is 0.346 e. The average Bonchev–Trinajstić information content (AvgIpc) is 3.52. The summed E-state index contributed by atoms with van der Waals surface area (Å²) in [6, 6.07) is 0. The predicted molar refractivity (Wildman–Crippen MR) is 128 cm³/mol.